The molecule has 1 heterocycles. The second kappa shape index (κ2) is 4.61. The number of halogens is 1. The Balaban J connectivity index is 2.12. The van der Waals surface area contributed by atoms with Crippen LogP contribution in [-0.2, 0) is 12.8 Å². The fraction of sp³-hybridized carbons (Fsp3) is 0.333. The Morgan fingerprint density at radius 2 is 2.05 bits per heavy atom. The summed E-state index contributed by atoms with van der Waals surface area (Å²) in [5, 5.41) is 3.14. The average molecular weight is 257 g/mol. The third-order valence-electron chi connectivity index (χ3n) is 3.59. The van der Waals surface area contributed by atoms with Gasteiger partial charge in [-0.25, -0.2) is 14.4 Å². The zero-order chi connectivity index (χ0) is 13.4. The summed E-state index contributed by atoms with van der Waals surface area (Å²) in [6, 6.07) is 5.00. The van der Waals surface area contributed by atoms with E-state index in [-0.39, 0.29) is 5.82 Å². The van der Waals surface area contributed by atoms with E-state index in [1.807, 2.05) is 7.05 Å². The Labute approximate surface area is 111 Å². The lowest BCUT2D eigenvalue weighted by atomic mass is 10.1. The van der Waals surface area contributed by atoms with Gasteiger partial charge in [-0.2, -0.15) is 0 Å². The molecule has 0 aliphatic heterocycles. The maximum absolute atomic E-state index is 13.3. The first-order valence-electron chi connectivity index (χ1n) is 6.53. The van der Waals surface area contributed by atoms with E-state index in [9.17, 15) is 4.39 Å². The molecule has 0 saturated carbocycles. The van der Waals surface area contributed by atoms with Crippen LogP contribution in [0, 0.1) is 12.7 Å². The van der Waals surface area contributed by atoms with Gasteiger partial charge in [0.25, 0.3) is 0 Å². The van der Waals surface area contributed by atoms with Crippen molar-refractivity contribution in [3.05, 3.63) is 40.8 Å². The molecule has 1 N–H and O–H groups in total. The Hall–Kier alpha value is -1.97. The van der Waals surface area contributed by atoms with Crippen LogP contribution in [0.5, 0.6) is 0 Å². The van der Waals surface area contributed by atoms with Crippen LogP contribution in [0.3, 0.4) is 0 Å². The van der Waals surface area contributed by atoms with E-state index < -0.39 is 0 Å². The van der Waals surface area contributed by atoms with Crippen molar-refractivity contribution in [2.24, 2.45) is 0 Å². The minimum Gasteiger partial charge on any atom is -0.373 e. The van der Waals surface area contributed by atoms with Gasteiger partial charge >= 0.3 is 0 Å². The summed E-state index contributed by atoms with van der Waals surface area (Å²) in [6.07, 6.45) is 3.17. The maximum atomic E-state index is 13.3. The van der Waals surface area contributed by atoms with Gasteiger partial charge in [0.2, 0.25) is 0 Å². The molecule has 0 fully saturated rings. The van der Waals surface area contributed by atoms with E-state index in [1.165, 1.54) is 11.6 Å². The molecule has 0 bridgehead atoms. The molecular weight excluding hydrogens is 241 g/mol. The largest absolute Gasteiger partial charge is 0.373 e. The second-order valence-electron chi connectivity index (χ2n) is 4.89. The zero-order valence-corrected chi connectivity index (χ0v) is 11.1. The molecule has 0 saturated heterocycles. The van der Waals surface area contributed by atoms with E-state index in [1.54, 1.807) is 19.1 Å². The van der Waals surface area contributed by atoms with Crippen LogP contribution in [0.25, 0.3) is 11.4 Å². The van der Waals surface area contributed by atoms with E-state index in [4.69, 9.17) is 0 Å². The summed E-state index contributed by atoms with van der Waals surface area (Å²) in [6.45, 7) is 1.76. The molecule has 0 spiro atoms. The summed E-state index contributed by atoms with van der Waals surface area (Å²) in [4.78, 5) is 9.19. The number of nitrogens with one attached hydrogen (secondary N) is 1. The molecule has 0 atom stereocenters. The monoisotopic (exact) mass is 257 g/mol. The lowest BCUT2D eigenvalue weighted by Crippen LogP contribution is -2.03. The van der Waals surface area contributed by atoms with Crippen molar-refractivity contribution < 1.29 is 4.39 Å². The molecule has 19 heavy (non-hydrogen) atoms. The van der Waals surface area contributed by atoms with Gasteiger partial charge in [0.15, 0.2) is 5.82 Å². The highest BCUT2D eigenvalue weighted by molar-refractivity contribution is 5.61. The summed E-state index contributed by atoms with van der Waals surface area (Å²) in [5.41, 5.74) is 3.83. The molecule has 0 amide bonds. The SMILES string of the molecule is CNc1nc(-c2ccc(F)c(C)c2)nc2c1CCC2. The van der Waals surface area contributed by atoms with E-state index in [2.05, 4.69) is 15.3 Å². The van der Waals surface area contributed by atoms with Gasteiger partial charge in [-0.1, -0.05) is 0 Å². The Morgan fingerprint density at radius 3 is 2.79 bits per heavy atom. The number of aryl methyl sites for hydroxylation is 2. The molecule has 2 aromatic rings. The van der Waals surface area contributed by atoms with Crippen molar-refractivity contribution in [2.45, 2.75) is 26.2 Å². The molecule has 1 aromatic heterocycles. The fourth-order valence-corrected chi connectivity index (χ4v) is 2.55. The van der Waals surface area contributed by atoms with Crippen LogP contribution in [0.4, 0.5) is 10.2 Å². The number of aromatic nitrogens is 2. The Morgan fingerprint density at radius 1 is 1.21 bits per heavy atom. The predicted octanol–water partition coefficient (Wildman–Crippen LogP) is 3.12. The predicted molar refractivity (Wildman–Crippen MR) is 73.7 cm³/mol. The highest BCUT2D eigenvalue weighted by Crippen LogP contribution is 2.29. The van der Waals surface area contributed by atoms with Crippen LogP contribution >= 0.6 is 0 Å². The van der Waals surface area contributed by atoms with Crippen LogP contribution in [0.15, 0.2) is 18.2 Å². The Kier molecular flexibility index (Phi) is 2.93. The third-order valence-corrected chi connectivity index (χ3v) is 3.59. The summed E-state index contributed by atoms with van der Waals surface area (Å²) >= 11 is 0. The van der Waals surface area contributed by atoms with Crippen molar-refractivity contribution in [3.8, 4) is 11.4 Å². The number of benzene rings is 1. The topological polar surface area (TPSA) is 37.8 Å². The number of hydrogen-bond acceptors (Lipinski definition) is 3. The number of anilines is 1. The third kappa shape index (κ3) is 2.07. The van der Waals surface area contributed by atoms with Crippen molar-refractivity contribution in [1.29, 1.82) is 0 Å². The number of hydrogen-bond donors (Lipinski definition) is 1. The molecule has 1 aliphatic rings. The first kappa shape index (κ1) is 12.1. The quantitative estimate of drug-likeness (QED) is 0.898. The average Bonchev–Trinajstić information content (AvgIpc) is 2.89. The molecule has 0 unspecified atom stereocenters. The smallest absolute Gasteiger partial charge is 0.161 e. The lowest BCUT2D eigenvalue weighted by Gasteiger charge is -2.10. The highest BCUT2D eigenvalue weighted by Gasteiger charge is 2.19. The minimum atomic E-state index is -0.196. The van der Waals surface area contributed by atoms with Gasteiger partial charge in [0.1, 0.15) is 11.6 Å². The van der Waals surface area contributed by atoms with Gasteiger partial charge in [-0.3, -0.25) is 0 Å². The molecule has 4 heteroatoms. The van der Waals surface area contributed by atoms with Crippen LogP contribution in [-0.4, -0.2) is 17.0 Å². The van der Waals surface area contributed by atoms with Crippen molar-refractivity contribution in [1.82, 2.24) is 9.97 Å². The molecule has 1 aliphatic carbocycles. The maximum Gasteiger partial charge on any atom is 0.161 e. The fourth-order valence-electron chi connectivity index (χ4n) is 2.55. The number of fused-ring (bicyclic) bond motifs is 1. The van der Waals surface area contributed by atoms with Gasteiger partial charge in [-0.15, -0.1) is 0 Å². The summed E-state index contributed by atoms with van der Waals surface area (Å²) in [7, 11) is 1.88. The molecule has 3 nitrogen and oxygen atoms in total. The molecule has 98 valence electrons. The molecule has 0 radical (unpaired) electrons. The molecular formula is C15H16FN3. The zero-order valence-electron chi connectivity index (χ0n) is 11.1. The minimum absolute atomic E-state index is 0.196. The van der Waals surface area contributed by atoms with E-state index >= 15 is 0 Å². The summed E-state index contributed by atoms with van der Waals surface area (Å²) in [5.74, 6) is 1.38. The van der Waals surface area contributed by atoms with Crippen LogP contribution in [0.1, 0.15) is 23.2 Å². The number of nitrogens with zero attached hydrogens (tertiary/aromatic N) is 2. The first-order valence-corrected chi connectivity index (χ1v) is 6.53. The van der Waals surface area contributed by atoms with Gasteiger partial charge in [0, 0.05) is 23.9 Å². The standard InChI is InChI=1S/C15H16FN3/c1-9-8-10(6-7-12(9)16)14-18-13-5-3-4-11(13)15(17-2)19-14/h6-8H,3-5H2,1-2H3,(H,17,18,19). The molecule has 1 aromatic carbocycles. The highest BCUT2D eigenvalue weighted by atomic mass is 19.1. The van der Waals surface area contributed by atoms with Crippen molar-refractivity contribution >= 4 is 5.82 Å². The van der Waals surface area contributed by atoms with Gasteiger partial charge in [0.05, 0.1) is 0 Å². The van der Waals surface area contributed by atoms with E-state index in [0.717, 1.165) is 36.3 Å². The van der Waals surface area contributed by atoms with Crippen molar-refractivity contribution in [3.63, 3.8) is 0 Å². The van der Waals surface area contributed by atoms with Gasteiger partial charge < -0.3 is 5.32 Å². The normalized spacial score (nSPS) is 13.4. The summed E-state index contributed by atoms with van der Waals surface area (Å²) < 4.78 is 13.3. The van der Waals surface area contributed by atoms with Crippen LogP contribution < -0.4 is 5.32 Å². The van der Waals surface area contributed by atoms with Crippen molar-refractivity contribution in [2.75, 3.05) is 12.4 Å². The first-order chi connectivity index (χ1) is 9.19. The molecule has 3 rings (SSSR count). The van der Waals surface area contributed by atoms with E-state index in [0.29, 0.717) is 11.4 Å². The Bertz CT molecular complexity index is 638. The number of rotatable bonds is 2. The van der Waals surface area contributed by atoms with Gasteiger partial charge in [-0.05, 0) is 49.9 Å². The van der Waals surface area contributed by atoms with Crippen LogP contribution in [0.2, 0.25) is 0 Å². The second-order valence-corrected chi connectivity index (χ2v) is 4.89. The lowest BCUT2D eigenvalue weighted by molar-refractivity contribution is 0.618.